The first-order chi connectivity index (χ1) is 9.49. The Hall–Kier alpha value is -0.860. The molecule has 0 aliphatic rings. The molecule has 0 heterocycles. The average molecular weight is 312 g/mol. The van der Waals surface area contributed by atoms with Crippen LogP contribution in [-0.2, 0) is 14.3 Å². The third-order valence-corrected chi connectivity index (χ3v) is 6.06. The lowest BCUT2D eigenvalue weighted by molar-refractivity contribution is -0.159. The molecule has 0 amide bonds. The van der Waals surface area contributed by atoms with Gasteiger partial charge in [0, 0.05) is 6.42 Å². The highest BCUT2D eigenvalue weighted by Gasteiger charge is 2.49. The van der Waals surface area contributed by atoms with E-state index in [0.29, 0.717) is 6.42 Å². The summed E-state index contributed by atoms with van der Waals surface area (Å²) in [6.07, 6.45) is 0.371. The highest BCUT2D eigenvalue weighted by Crippen LogP contribution is 2.48. The second-order valence-corrected chi connectivity index (χ2v) is 9.70. The minimum absolute atomic E-state index is 0.0186. The van der Waals surface area contributed by atoms with Gasteiger partial charge in [-0.2, -0.15) is 0 Å². The molecule has 0 saturated carbocycles. The predicted octanol–water partition coefficient (Wildman–Crippen LogP) is 4.88. The number of carbonyl (C=O) groups excluding carboxylic acids is 2. The molecule has 0 bridgehead atoms. The monoisotopic (exact) mass is 312 g/mol. The summed E-state index contributed by atoms with van der Waals surface area (Å²) >= 11 is 0. The summed E-state index contributed by atoms with van der Waals surface area (Å²) in [5.74, 6) is -1.18. The first-order valence-corrected chi connectivity index (χ1v) is 8.09. The lowest BCUT2D eigenvalue weighted by atomic mass is 9.58. The zero-order chi connectivity index (χ0) is 18.1. The second-order valence-electron chi connectivity index (χ2n) is 9.70. The minimum Gasteiger partial charge on any atom is -0.468 e. The summed E-state index contributed by atoms with van der Waals surface area (Å²) in [5.41, 5.74) is -0.877. The van der Waals surface area contributed by atoms with Crippen LogP contribution in [0, 0.1) is 27.6 Å². The highest BCUT2D eigenvalue weighted by molar-refractivity contribution is 6.00. The van der Waals surface area contributed by atoms with Gasteiger partial charge >= 0.3 is 5.97 Å². The lowest BCUT2D eigenvalue weighted by Crippen LogP contribution is -2.47. The molecule has 0 N–H and O–H groups in total. The van der Waals surface area contributed by atoms with Crippen LogP contribution >= 0.6 is 0 Å². The summed E-state index contributed by atoms with van der Waals surface area (Å²) in [5, 5.41) is 0. The van der Waals surface area contributed by atoms with Gasteiger partial charge in [-0.15, -0.1) is 0 Å². The standard InChI is InChI=1S/C19H36O3/c1-16(2,3)18(7,8)12-13(20)14(15(21)22-11)19(9,10)17(4,5)6/h14H,12H2,1-11H3. The largest absolute Gasteiger partial charge is 0.468 e. The van der Waals surface area contributed by atoms with Crippen molar-refractivity contribution >= 4 is 11.8 Å². The van der Waals surface area contributed by atoms with E-state index in [9.17, 15) is 9.59 Å². The van der Waals surface area contributed by atoms with E-state index in [0.717, 1.165) is 0 Å². The normalized spacial score (nSPS) is 15.4. The van der Waals surface area contributed by atoms with Crippen molar-refractivity contribution in [2.24, 2.45) is 27.6 Å². The molecule has 0 aromatic carbocycles. The summed E-state index contributed by atoms with van der Waals surface area (Å²) in [6, 6.07) is 0. The summed E-state index contributed by atoms with van der Waals surface area (Å²) in [7, 11) is 1.36. The van der Waals surface area contributed by atoms with Crippen molar-refractivity contribution in [1.82, 2.24) is 0 Å². The Morgan fingerprint density at radius 2 is 1.23 bits per heavy atom. The molecular weight excluding hydrogens is 276 g/mol. The van der Waals surface area contributed by atoms with E-state index < -0.39 is 17.3 Å². The number of Topliss-reactive ketones (excluding diaryl/α,β-unsaturated/α-hetero) is 1. The Kier molecular flexibility index (Phi) is 6.08. The maximum Gasteiger partial charge on any atom is 0.316 e. The first kappa shape index (κ1) is 21.1. The van der Waals surface area contributed by atoms with Crippen LogP contribution in [0.2, 0.25) is 0 Å². The molecule has 0 aliphatic carbocycles. The van der Waals surface area contributed by atoms with Crippen molar-refractivity contribution in [2.75, 3.05) is 7.11 Å². The molecule has 0 fully saturated rings. The molecule has 3 heteroatoms. The third-order valence-electron chi connectivity index (χ3n) is 6.06. The number of ketones is 1. The van der Waals surface area contributed by atoms with E-state index in [4.69, 9.17) is 4.74 Å². The minimum atomic E-state index is -0.737. The van der Waals surface area contributed by atoms with Gasteiger partial charge in [0.15, 0.2) is 0 Å². The number of hydrogen-bond donors (Lipinski definition) is 0. The van der Waals surface area contributed by atoms with Gasteiger partial charge in [0.05, 0.1) is 7.11 Å². The lowest BCUT2D eigenvalue weighted by Gasteiger charge is -2.45. The number of esters is 1. The summed E-state index contributed by atoms with van der Waals surface area (Å²) in [4.78, 5) is 25.3. The Balaban J connectivity index is 5.68. The first-order valence-electron chi connectivity index (χ1n) is 8.09. The fourth-order valence-electron chi connectivity index (χ4n) is 2.18. The van der Waals surface area contributed by atoms with Crippen LogP contribution in [0.5, 0.6) is 0 Å². The van der Waals surface area contributed by atoms with Gasteiger partial charge < -0.3 is 4.74 Å². The molecule has 1 unspecified atom stereocenters. The number of rotatable bonds is 5. The van der Waals surface area contributed by atoms with Crippen LogP contribution in [0.3, 0.4) is 0 Å². The number of ether oxygens (including phenoxy) is 1. The fraction of sp³-hybridized carbons (Fsp3) is 0.895. The Morgan fingerprint density at radius 1 is 0.818 bits per heavy atom. The fourth-order valence-corrected chi connectivity index (χ4v) is 2.18. The van der Waals surface area contributed by atoms with Crippen molar-refractivity contribution in [3.8, 4) is 0 Å². The molecule has 0 aliphatic heterocycles. The van der Waals surface area contributed by atoms with E-state index in [1.54, 1.807) is 0 Å². The van der Waals surface area contributed by atoms with Crippen molar-refractivity contribution in [2.45, 2.75) is 75.7 Å². The van der Waals surface area contributed by atoms with Gasteiger partial charge in [0.1, 0.15) is 11.7 Å². The van der Waals surface area contributed by atoms with Crippen LogP contribution < -0.4 is 0 Å². The number of hydrogen-bond acceptors (Lipinski definition) is 3. The zero-order valence-corrected chi connectivity index (χ0v) is 16.5. The Labute approximate surface area is 137 Å². The molecule has 0 rings (SSSR count). The maximum atomic E-state index is 13.0. The van der Waals surface area contributed by atoms with Gasteiger partial charge in [0.2, 0.25) is 0 Å². The van der Waals surface area contributed by atoms with Crippen LogP contribution in [0.15, 0.2) is 0 Å². The third kappa shape index (κ3) is 4.33. The summed E-state index contributed by atoms with van der Waals surface area (Å²) in [6.45, 7) is 20.7. The number of methoxy groups -OCH3 is 1. The smallest absolute Gasteiger partial charge is 0.316 e. The van der Waals surface area contributed by atoms with E-state index in [-0.39, 0.29) is 22.0 Å². The molecule has 3 nitrogen and oxygen atoms in total. The average Bonchev–Trinajstić information content (AvgIpc) is 2.24. The molecule has 0 aromatic heterocycles. The molecular formula is C19H36O3. The van der Waals surface area contributed by atoms with Crippen molar-refractivity contribution in [3.05, 3.63) is 0 Å². The van der Waals surface area contributed by atoms with Crippen LogP contribution in [0.4, 0.5) is 0 Å². The summed E-state index contributed by atoms with van der Waals surface area (Å²) < 4.78 is 4.96. The van der Waals surface area contributed by atoms with E-state index in [2.05, 4.69) is 55.4 Å². The van der Waals surface area contributed by atoms with E-state index >= 15 is 0 Å². The van der Waals surface area contributed by atoms with Gasteiger partial charge in [-0.05, 0) is 21.7 Å². The zero-order valence-electron chi connectivity index (χ0n) is 16.5. The van der Waals surface area contributed by atoms with E-state index in [1.807, 2.05) is 13.8 Å². The van der Waals surface area contributed by atoms with Crippen LogP contribution in [0.25, 0.3) is 0 Å². The van der Waals surface area contributed by atoms with E-state index in [1.165, 1.54) is 7.11 Å². The molecule has 1 atom stereocenters. The van der Waals surface area contributed by atoms with Crippen molar-refractivity contribution in [3.63, 3.8) is 0 Å². The SMILES string of the molecule is COC(=O)C(C(=O)CC(C)(C)C(C)(C)C)C(C)(C)C(C)(C)C. The van der Waals surface area contributed by atoms with Gasteiger partial charge in [-0.1, -0.05) is 69.2 Å². The second kappa shape index (κ2) is 6.33. The topological polar surface area (TPSA) is 43.4 Å². The Morgan fingerprint density at radius 3 is 1.50 bits per heavy atom. The van der Waals surface area contributed by atoms with Crippen LogP contribution in [0.1, 0.15) is 75.7 Å². The van der Waals surface area contributed by atoms with Gasteiger partial charge in [0.25, 0.3) is 0 Å². The maximum absolute atomic E-state index is 13.0. The molecule has 130 valence electrons. The van der Waals surface area contributed by atoms with Crippen LogP contribution in [-0.4, -0.2) is 18.9 Å². The Bertz CT molecular complexity index is 417. The quantitative estimate of drug-likeness (QED) is 0.537. The van der Waals surface area contributed by atoms with Crippen molar-refractivity contribution < 1.29 is 14.3 Å². The molecule has 0 radical (unpaired) electrons. The highest BCUT2D eigenvalue weighted by atomic mass is 16.5. The molecule has 0 aromatic rings. The molecule has 0 saturated heterocycles. The van der Waals surface area contributed by atoms with Gasteiger partial charge in [-0.3, -0.25) is 9.59 Å². The number of carbonyl (C=O) groups is 2. The predicted molar refractivity (Wildman–Crippen MR) is 91.6 cm³/mol. The van der Waals surface area contributed by atoms with Gasteiger partial charge in [-0.25, -0.2) is 0 Å². The molecule has 0 spiro atoms. The molecule has 22 heavy (non-hydrogen) atoms. The van der Waals surface area contributed by atoms with Crippen molar-refractivity contribution in [1.29, 1.82) is 0 Å².